The SMILES string of the molecule is Cc1ccsc1[C@@H](O)CNC(=O)COc1ccc(Cl)cc1Cl. The van der Waals surface area contributed by atoms with Crippen LogP contribution in [-0.4, -0.2) is 24.2 Å². The second-order valence-corrected chi connectivity index (χ2v) is 6.44. The van der Waals surface area contributed by atoms with Gasteiger partial charge in [-0.05, 0) is 42.1 Å². The van der Waals surface area contributed by atoms with Gasteiger partial charge in [0.05, 0.1) is 5.02 Å². The molecule has 2 aromatic rings. The number of nitrogens with one attached hydrogen (secondary N) is 1. The molecule has 2 rings (SSSR count). The molecule has 2 N–H and O–H groups in total. The Kier molecular flexibility index (Phi) is 6.08. The van der Waals surface area contributed by atoms with Crippen LogP contribution in [0.15, 0.2) is 29.6 Å². The van der Waals surface area contributed by atoms with Crippen LogP contribution >= 0.6 is 34.5 Å². The third-order valence-corrected chi connectivity index (χ3v) is 4.60. The van der Waals surface area contributed by atoms with Crippen molar-refractivity contribution in [3.8, 4) is 5.75 Å². The van der Waals surface area contributed by atoms with Gasteiger partial charge < -0.3 is 15.2 Å². The average molecular weight is 360 g/mol. The number of hydrogen-bond donors (Lipinski definition) is 2. The maximum absolute atomic E-state index is 11.7. The molecular formula is C15H15Cl2NO3S. The summed E-state index contributed by atoms with van der Waals surface area (Å²) in [6.07, 6.45) is -0.719. The van der Waals surface area contributed by atoms with E-state index in [1.807, 2.05) is 18.4 Å². The minimum absolute atomic E-state index is 0.137. The van der Waals surface area contributed by atoms with Crippen LogP contribution in [0.1, 0.15) is 16.5 Å². The average Bonchev–Trinajstić information content (AvgIpc) is 2.90. The van der Waals surface area contributed by atoms with E-state index in [-0.39, 0.29) is 19.1 Å². The van der Waals surface area contributed by atoms with Gasteiger partial charge in [-0.2, -0.15) is 0 Å². The second kappa shape index (κ2) is 7.83. The molecule has 1 aromatic heterocycles. The van der Waals surface area contributed by atoms with Gasteiger partial charge in [-0.3, -0.25) is 4.79 Å². The molecular weight excluding hydrogens is 345 g/mol. The predicted octanol–water partition coefficient (Wildman–Crippen LogP) is 3.59. The number of carbonyl (C=O) groups excluding carboxylic acids is 1. The summed E-state index contributed by atoms with van der Waals surface area (Å²) in [6.45, 7) is 1.87. The van der Waals surface area contributed by atoms with E-state index in [4.69, 9.17) is 27.9 Å². The van der Waals surface area contributed by atoms with Crippen LogP contribution in [0.3, 0.4) is 0 Å². The standard InChI is InChI=1S/C15H15Cl2NO3S/c1-9-4-5-22-15(9)12(19)7-18-14(20)8-21-13-3-2-10(16)6-11(13)17/h2-6,12,19H,7-8H2,1H3,(H,18,20)/t12-/m0/s1. The molecule has 0 radical (unpaired) electrons. The maximum Gasteiger partial charge on any atom is 0.258 e. The van der Waals surface area contributed by atoms with E-state index >= 15 is 0 Å². The zero-order valence-corrected chi connectivity index (χ0v) is 14.1. The number of aliphatic hydroxyl groups excluding tert-OH is 1. The molecule has 1 aromatic carbocycles. The lowest BCUT2D eigenvalue weighted by molar-refractivity contribution is -0.123. The maximum atomic E-state index is 11.7. The van der Waals surface area contributed by atoms with Crippen molar-refractivity contribution in [1.29, 1.82) is 0 Å². The highest BCUT2D eigenvalue weighted by Crippen LogP contribution is 2.27. The molecule has 0 bridgehead atoms. The number of aliphatic hydroxyl groups is 1. The molecule has 1 atom stereocenters. The van der Waals surface area contributed by atoms with Crippen LogP contribution in [0.5, 0.6) is 5.75 Å². The largest absolute Gasteiger partial charge is 0.482 e. The number of benzene rings is 1. The van der Waals surface area contributed by atoms with Crippen LogP contribution in [0.2, 0.25) is 10.0 Å². The van der Waals surface area contributed by atoms with Gasteiger partial charge in [0.1, 0.15) is 11.9 Å². The number of rotatable bonds is 6. The molecule has 7 heteroatoms. The Morgan fingerprint density at radius 1 is 1.41 bits per heavy atom. The first-order valence-corrected chi connectivity index (χ1v) is 8.17. The molecule has 0 saturated carbocycles. The van der Waals surface area contributed by atoms with E-state index in [0.717, 1.165) is 10.4 Å². The predicted molar refractivity (Wildman–Crippen MR) is 89.0 cm³/mol. The summed E-state index contributed by atoms with van der Waals surface area (Å²) in [5, 5.41) is 15.4. The Morgan fingerprint density at radius 3 is 2.82 bits per heavy atom. The van der Waals surface area contributed by atoms with E-state index in [0.29, 0.717) is 15.8 Å². The van der Waals surface area contributed by atoms with Gasteiger partial charge in [-0.25, -0.2) is 0 Å². The van der Waals surface area contributed by atoms with Crippen LogP contribution < -0.4 is 10.1 Å². The molecule has 0 spiro atoms. The van der Waals surface area contributed by atoms with Gasteiger partial charge in [-0.1, -0.05) is 23.2 Å². The number of halogens is 2. The van der Waals surface area contributed by atoms with E-state index < -0.39 is 6.10 Å². The summed E-state index contributed by atoms with van der Waals surface area (Å²) in [6, 6.07) is 6.70. The third kappa shape index (κ3) is 4.61. The molecule has 22 heavy (non-hydrogen) atoms. The highest BCUT2D eigenvalue weighted by atomic mass is 35.5. The van der Waals surface area contributed by atoms with Crippen molar-refractivity contribution in [2.75, 3.05) is 13.2 Å². The smallest absolute Gasteiger partial charge is 0.258 e. The zero-order valence-electron chi connectivity index (χ0n) is 11.8. The topological polar surface area (TPSA) is 58.6 Å². The molecule has 0 fully saturated rings. The van der Waals surface area contributed by atoms with Gasteiger partial charge in [0.25, 0.3) is 5.91 Å². The first-order chi connectivity index (χ1) is 10.5. The number of ether oxygens (including phenoxy) is 1. The van der Waals surface area contributed by atoms with Crippen LogP contribution in [0.4, 0.5) is 0 Å². The molecule has 118 valence electrons. The van der Waals surface area contributed by atoms with Gasteiger partial charge in [0.15, 0.2) is 6.61 Å². The molecule has 0 aliphatic carbocycles. The van der Waals surface area contributed by atoms with Crippen molar-refractivity contribution in [1.82, 2.24) is 5.32 Å². The zero-order chi connectivity index (χ0) is 16.1. The summed E-state index contributed by atoms with van der Waals surface area (Å²) in [7, 11) is 0. The lowest BCUT2D eigenvalue weighted by Crippen LogP contribution is -2.32. The number of amides is 1. The number of thiophene rings is 1. The third-order valence-electron chi connectivity index (χ3n) is 2.95. The monoisotopic (exact) mass is 359 g/mol. The summed E-state index contributed by atoms with van der Waals surface area (Å²) >= 11 is 13.2. The fourth-order valence-corrected chi connectivity index (χ4v) is 3.19. The Hall–Kier alpha value is -1.27. The van der Waals surface area contributed by atoms with E-state index in [9.17, 15) is 9.90 Å². The van der Waals surface area contributed by atoms with Crippen molar-refractivity contribution in [3.05, 3.63) is 50.1 Å². The van der Waals surface area contributed by atoms with Gasteiger partial charge >= 0.3 is 0 Å². The molecule has 0 unspecified atom stereocenters. The fraction of sp³-hybridized carbons (Fsp3) is 0.267. The molecule has 0 aliphatic rings. The fourth-order valence-electron chi connectivity index (χ4n) is 1.82. The summed E-state index contributed by atoms with van der Waals surface area (Å²) in [4.78, 5) is 12.6. The van der Waals surface area contributed by atoms with Crippen molar-refractivity contribution in [2.24, 2.45) is 0 Å². The first kappa shape index (κ1) is 17.1. The number of aryl methyl sites for hydroxylation is 1. The minimum atomic E-state index is -0.719. The van der Waals surface area contributed by atoms with Crippen molar-refractivity contribution in [3.63, 3.8) is 0 Å². The van der Waals surface area contributed by atoms with Gasteiger partial charge in [-0.15, -0.1) is 11.3 Å². The molecule has 0 aliphatic heterocycles. The highest BCUT2D eigenvalue weighted by Gasteiger charge is 2.13. The lowest BCUT2D eigenvalue weighted by atomic mass is 10.2. The summed E-state index contributed by atoms with van der Waals surface area (Å²) in [5.41, 5.74) is 1.01. The summed E-state index contributed by atoms with van der Waals surface area (Å²) in [5.74, 6) is 0.0511. The molecule has 1 amide bonds. The van der Waals surface area contributed by atoms with E-state index in [2.05, 4.69) is 5.32 Å². The van der Waals surface area contributed by atoms with E-state index in [1.165, 1.54) is 11.3 Å². The number of carbonyl (C=O) groups is 1. The molecule has 0 saturated heterocycles. The minimum Gasteiger partial charge on any atom is -0.482 e. The summed E-state index contributed by atoms with van der Waals surface area (Å²) < 4.78 is 5.32. The Balaban J connectivity index is 1.80. The van der Waals surface area contributed by atoms with Crippen molar-refractivity contribution < 1.29 is 14.6 Å². The number of hydrogen-bond acceptors (Lipinski definition) is 4. The van der Waals surface area contributed by atoms with E-state index in [1.54, 1.807) is 18.2 Å². The Morgan fingerprint density at radius 2 is 2.18 bits per heavy atom. The van der Waals surface area contributed by atoms with Gasteiger partial charge in [0.2, 0.25) is 0 Å². The normalized spacial score (nSPS) is 12.0. The lowest BCUT2D eigenvalue weighted by Gasteiger charge is -2.12. The van der Waals surface area contributed by atoms with Crippen LogP contribution in [0.25, 0.3) is 0 Å². The van der Waals surface area contributed by atoms with Gasteiger partial charge in [0, 0.05) is 16.4 Å². The van der Waals surface area contributed by atoms with Crippen LogP contribution in [-0.2, 0) is 4.79 Å². The molecule has 1 heterocycles. The van der Waals surface area contributed by atoms with Crippen molar-refractivity contribution >= 4 is 40.4 Å². The Bertz CT molecular complexity index is 660. The first-order valence-electron chi connectivity index (χ1n) is 6.54. The van der Waals surface area contributed by atoms with Crippen LogP contribution in [0, 0.1) is 6.92 Å². The highest BCUT2D eigenvalue weighted by molar-refractivity contribution is 7.10. The molecule has 4 nitrogen and oxygen atoms in total. The quantitative estimate of drug-likeness (QED) is 0.828. The Labute approximate surface area is 142 Å². The van der Waals surface area contributed by atoms with Crippen molar-refractivity contribution in [2.45, 2.75) is 13.0 Å². The second-order valence-electron chi connectivity index (χ2n) is 4.65.